The summed E-state index contributed by atoms with van der Waals surface area (Å²) in [6, 6.07) is 0. The fourth-order valence-corrected chi connectivity index (χ4v) is 1.50. The Morgan fingerprint density at radius 1 is 1.50 bits per heavy atom. The van der Waals surface area contributed by atoms with Crippen molar-refractivity contribution in [1.82, 2.24) is 15.3 Å². The number of rotatable bonds is 2. The number of aromatic nitrogens is 2. The third-order valence-electron chi connectivity index (χ3n) is 2.10. The topological polar surface area (TPSA) is 60.9 Å². The molecule has 0 saturated heterocycles. The van der Waals surface area contributed by atoms with Crippen LogP contribution in [0.5, 0.6) is 0 Å². The molecule has 0 spiro atoms. The highest BCUT2D eigenvalue weighted by molar-refractivity contribution is 5.17. The highest BCUT2D eigenvalue weighted by Gasteiger charge is 2.12. The summed E-state index contributed by atoms with van der Waals surface area (Å²) < 4.78 is 0. The quantitative estimate of drug-likeness (QED) is 0.561. The van der Waals surface area contributed by atoms with Crippen LogP contribution in [0, 0.1) is 0 Å². The van der Waals surface area contributed by atoms with E-state index < -0.39 is 0 Å². The first-order valence-electron chi connectivity index (χ1n) is 4.28. The van der Waals surface area contributed by atoms with Gasteiger partial charge in [-0.2, -0.15) is 0 Å². The number of fused-ring (bicyclic) bond motifs is 1. The molecule has 0 radical (unpaired) electrons. The molecule has 1 aromatic heterocycles. The van der Waals surface area contributed by atoms with Gasteiger partial charge in [-0.3, -0.25) is 0 Å². The second-order valence-electron chi connectivity index (χ2n) is 3.01. The van der Waals surface area contributed by atoms with E-state index in [4.69, 9.17) is 5.11 Å². The van der Waals surface area contributed by atoms with Crippen LogP contribution >= 0.6 is 0 Å². The van der Waals surface area contributed by atoms with Gasteiger partial charge in [0.25, 0.3) is 0 Å². The number of nitrogens with one attached hydrogen (secondary N) is 2. The van der Waals surface area contributed by atoms with E-state index in [1.807, 2.05) is 0 Å². The second kappa shape index (κ2) is 3.25. The van der Waals surface area contributed by atoms with Gasteiger partial charge in [0.1, 0.15) is 5.82 Å². The molecule has 4 nitrogen and oxygen atoms in total. The van der Waals surface area contributed by atoms with E-state index in [-0.39, 0.29) is 6.61 Å². The molecule has 4 heteroatoms. The molecule has 0 unspecified atom stereocenters. The van der Waals surface area contributed by atoms with E-state index in [9.17, 15) is 0 Å². The van der Waals surface area contributed by atoms with Crippen molar-refractivity contribution in [2.75, 3.05) is 13.2 Å². The number of H-pyrrole nitrogens is 1. The Hall–Kier alpha value is -0.870. The van der Waals surface area contributed by atoms with Gasteiger partial charge < -0.3 is 15.4 Å². The lowest BCUT2D eigenvalue weighted by atomic mass is 10.2. The number of hydrogen-bond donors (Lipinski definition) is 3. The van der Waals surface area contributed by atoms with Gasteiger partial charge in [-0.1, -0.05) is 0 Å². The summed E-state index contributed by atoms with van der Waals surface area (Å²) in [5.41, 5.74) is 2.35. The first-order valence-corrected chi connectivity index (χ1v) is 4.28. The lowest BCUT2D eigenvalue weighted by Gasteiger charge is -2.09. The van der Waals surface area contributed by atoms with Crippen LogP contribution in [0.4, 0.5) is 0 Å². The van der Waals surface area contributed by atoms with Crippen LogP contribution in [0.1, 0.15) is 17.2 Å². The molecule has 0 saturated carbocycles. The van der Waals surface area contributed by atoms with Crippen molar-refractivity contribution >= 4 is 0 Å². The van der Waals surface area contributed by atoms with Crippen molar-refractivity contribution in [1.29, 1.82) is 0 Å². The number of hydrogen-bond acceptors (Lipinski definition) is 3. The molecule has 1 aliphatic rings. The van der Waals surface area contributed by atoms with Crippen molar-refractivity contribution in [2.24, 2.45) is 0 Å². The molecule has 1 aromatic rings. The summed E-state index contributed by atoms with van der Waals surface area (Å²) in [7, 11) is 0. The normalized spacial score (nSPS) is 16.1. The first kappa shape index (κ1) is 7.76. The molecule has 0 aliphatic carbocycles. The Bertz CT molecular complexity index is 246. The first-order chi connectivity index (χ1) is 5.90. The summed E-state index contributed by atoms with van der Waals surface area (Å²) >= 11 is 0. The predicted molar refractivity (Wildman–Crippen MR) is 44.8 cm³/mol. The van der Waals surface area contributed by atoms with Crippen molar-refractivity contribution in [3.63, 3.8) is 0 Å². The number of aromatic amines is 1. The second-order valence-corrected chi connectivity index (χ2v) is 3.01. The average molecular weight is 167 g/mol. The Balaban J connectivity index is 2.20. The van der Waals surface area contributed by atoms with E-state index in [0.29, 0.717) is 6.42 Å². The Morgan fingerprint density at radius 3 is 3.17 bits per heavy atom. The number of nitrogens with zero attached hydrogens (tertiary/aromatic N) is 1. The van der Waals surface area contributed by atoms with Gasteiger partial charge >= 0.3 is 0 Å². The number of imidazole rings is 1. The molecule has 12 heavy (non-hydrogen) atoms. The minimum Gasteiger partial charge on any atom is -0.396 e. The summed E-state index contributed by atoms with van der Waals surface area (Å²) in [4.78, 5) is 7.59. The standard InChI is InChI=1S/C8H13N3O/c12-4-2-8-10-6-1-3-9-5-7(6)11-8/h9,12H,1-5H2,(H,10,11). The maximum atomic E-state index is 8.71. The van der Waals surface area contributed by atoms with Crippen LogP contribution in [0.25, 0.3) is 0 Å². The smallest absolute Gasteiger partial charge is 0.108 e. The van der Waals surface area contributed by atoms with Gasteiger partial charge in [-0.25, -0.2) is 4.98 Å². The van der Waals surface area contributed by atoms with Crippen LogP contribution in [-0.4, -0.2) is 28.2 Å². The van der Waals surface area contributed by atoms with Gasteiger partial charge in [0, 0.05) is 25.9 Å². The maximum absolute atomic E-state index is 8.71. The molecule has 2 rings (SSSR count). The summed E-state index contributed by atoms with van der Waals surface area (Å²) in [6.45, 7) is 2.06. The molecule has 3 N–H and O–H groups in total. The molecular formula is C8H13N3O. The lowest BCUT2D eigenvalue weighted by molar-refractivity contribution is 0.297. The van der Waals surface area contributed by atoms with Crippen LogP contribution < -0.4 is 5.32 Å². The monoisotopic (exact) mass is 167 g/mol. The lowest BCUT2D eigenvalue weighted by Crippen LogP contribution is -2.23. The van der Waals surface area contributed by atoms with Crippen molar-refractivity contribution < 1.29 is 5.11 Å². The Labute approximate surface area is 71.0 Å². The largest absolute Gasteiger partial charge is 0.396 e. The SMILES string of the molecule is OCCc1nc2c([nH]1)CNCC2. The highest BCUT2D eigenvalue weighted by atomic mass is 16.3. The maximum Gasteiger partial charge on any atom is 0.108 e. The fraction of sp³-hybridized carbons (Fsp3) is 0.625. The van der Waals surface area contributed by atoms with Crippen molar-refractivity contribution in [3.8, 4) is 0 Å². The summed E-state index contributed by atoms with van der Waals surface area (Å²) in [6.07, 6.45) is 1.63. The minimum atomic E-state index is 0.166. The van der Waals surface area contributed by atoms with Crippen LogP contribution in [0.2, 0.25) is 0 Å². The summed E-state index contributed by atoms with van der Waals surface area (Å²) in [5.74, 6) is 0.909. The molecule has 2 heterocycles. The Morgan fingerprint density at radius 2 is 2.42 bits per heavy atom. The highest BCUT2D eigenvalue weighted by Crippen LogP contribution is 2.10. The minimum absolute atomic E-state index is 0.166. The van der Waals surface area contributed by atoms with E-state index in [2.05, 4.69) is 15.3 Å². The molecule has 1 aliphatic heterocycles. The van der Waals surface area contributed by atoms with Crippen molar-refractivity contribution in [2.45, 2.75) is 19.4 Å². The van der Waals surface area contributed by atoms with Crippen LogP contribution in [0.15, 0.2) is 0 Å². The predicted octanol–water partition coefficient (Wildman–Crippen LogP) is -0.410. The molecule has 0 atom stereocenters. The molecule has 0 amide bonds. The third-order valence-corrected chi connectivity index (χ3v) is 2.10. The van der Waals surface area contributed by atoms with Crippen LogP contribution in [-0.2, 0) is 19.4 Å². The Kier molecular flexibility index (Phi) is 2.10. The molecule has 0 aromatic carbocycles. The van der Waals surface area contributed by atoms with E-state index in [1.165, 1.54) is 5.69 Å². The van der Waals surface area contributed by atoms with E-state index >= 15 is 0 Å². The zero-order valence-corrected chi connectivity index (χ0v) is 6.93. The van der Waals surface area contributed by atoms with Gasteiger partial charge in [0.2, 0.25) is 0 Å². The van der Waals surface area contributed by atoms with E-state index in [0.717, 1.165) is 31.0 Å². The van der Waals surface area contributed by atoms with Crippen molar-refractivity contribution in [3.05, 3.63) is 17.2 Å². The fourth-order valence-electron chi connectivity index (χ4n) is 1.50. The van der Waals surface area contributed by atoms with E-state index in [1.54, 1.807) is 0 Å². The molecule has 0 fully saturated rings. The van der Waals surface area contributed by atoms with Gasteiger partial charge in [0.05, 0.1) is 18.0 Å². The van der Waals surface area contributed by atoms with Gasteiger partial charge in [0.15, 0.2) is 0 Å². The zero-order chi connectivity index (χ0) is 8.39. The van der Waals surface area contributed by atoms with Gasteiger partial charge in [-0.15, -0.1) is 0 Å². The molecule has 0 bridgehead atoms. The average Bonchev–Trinajstić information content (AvgIpc) is 2.47. The summed E-state index contributed by atoms with van der Waals surface area (Å²) in [5, 5.41) is 12.0. The third kappa shape index (κ3) is 1.35. The van der Waals surface area contributed by atoms with Crippen LogP contribution in [0.3, 0.4) is 0 Å². The zero-order valence-electron chi connectivity index (χ0n) is 6.93. The van der Waals surface area contributed by atoms with Gasteiger partial charge in [-0.05, 0) is 0 Å². The number of aliphatic hydroxyl groups is 1. The molecule has 66 valence electrons. The molecular weight excluding hydrogens is 154 g/mol. The number of aliphatic hydroxyl groups excluding tert-OH is 1.